The second-order valence-electron chi connectivity index (χ2n) is 6.10. The van der Waals surface area contributed by atoms with Crippen molar-refractivity contribution < 1.29 is 19.1 Å². The molecule has 24 heavy (non-hydrogen) atoms. The Bertz CT molecular complexity index is 468. The van der Waals surface area contributed by atoms with Gasteiger partial charge in [0.2, 0.25) is 5.91 Å². The first-order valence-electron chi connectivity index (χ1n) is 8.15. The fourth-order valence-corrected chi connectivity index (χ4v) is 3.15. The normalized spacial score (nSPS) is 20.0. The van der Waals surface area contributed by atoms with Crippen molar-refractivity contribution in [2.45, 2.75) is 44.2 Å². The lowest BCUT2D eigenvalue weighted by molar-refractivity contribution is -0.137. The lowest BCUT2D eigenvalue weighted by Gasteiger charge is -2.23. The second kappa shape index (κ2) is 9.19. The molecule has 1 atom stereocenters. The Balaban J connectivity index is 0.00000288. The number of carbonyl (C=O) groups is 3. The van der Waals surface area contributed by atoms with E-state index in [9.17, 15) is 14.4 Å². The van der Waals surface area contributed by atoms with Crippen molar-refractivity contribution in [1.82, 2.24) is 20.9 Å². The zero-order valence-electron chi connectivity index (χ0n) is 14.2. The Labute approximate surface area is 148 Å². The van der Waals surface area contributed by atoms with E-state index >= 15 is 0 Å². The number of halogens is 1. The molecule has 2 aliphatic rings. The third-order valence-corrected chi connectivity index (χ3v) is 4.50. The minimum Gasteiger partial charge on any atom is -0.383 e. The fraction of sp³-hybridized carbons (Fsp3) is 0.800. The fourth-order valence-electron chi connectivity index (χ4n) is 3.15. The van der Waals surface area contributed by atoms with Crippen LogP contribution in [0, 0.1) is 0 Å². The predicted octanol–water partition coefficient (Wildman–Crippen LogP) is 0.0135. The lowest BCUT2D eigenvalue weighted by atomic mass is 9.97. The van der Waals surface area contributed by atoms with Crippen LogP contribution in [0.2, 0.25) is 0 Å². The number of amides is 4. The third kappa shape index (κ3) is 4.37. The van der Waals surface area contributed by atoms with E-state index in [-0.39, 0.29) is 24.2 Å². The maximum atomic E-state index is 12.6. The van der Waals surface area contributed by atoms with Crippen LogP contribution in [-0.4, -0.2) is 67.7 Å². The molecule has 1 unspecified atom stereocenters. The SMILES string of the molecule is COCCNCCNC(=O)C(C)N1C(=O)NC2(CCCC2)C1=O.Cl. The summed E-state index contributed by atoms with van der Waals surface area (Å²) in [7, 11) is 1.63. The van der Waals surface area contributed by atoms with Crippen LogP contribution in [0.5, 0.6) is 0 Å². The maximum Gasteiger partial charge on any atom is 0.325 e. The molecular weight excluding hydrogens is 336 g/mol. The van der Waals surface area contributed by atoms with Crippen LogP contribution in [-0.2, 0) is 14.3 Å². The van der Waals surface area contributed by atoms with Gasteiger partial charge in [-0.15, -0.1) is 12.4 Å². The minimum atomic E-state index is -0.804. The highest BCUT2D eigenvalue weighted by Crippen LogP contribution is 2.35. The number of imide groups is 1. The van der Waals surface area contributed by atoms with Gasteiger partial charge in [-0.3, -0.25) is 9.59 Å². The van der Waals surface area contributed by atoms with Gasteiger partial charge in [-0.05, 0) is 19.8 Å². The molecule has 138 valence electrons. The van der Waals surface area contributed by atoms with Gasteiger partial charge in [0.15, 0.2) is 0 Å². The van der Waals surface area contributed by atoms with Crippen LogP contribution in [0.25, 0.3) is 0 Å². The van der Waals surface area contributed by atoms with Gasteiger partial charge in [0.25, 0.3) is 5.91 Å². The molecule has 1 saturated heterocycles. The molecule has 1 heterocycles. The van der Waals surface area contributed by atoms with E-state index in [0.717, 1.165) is 17.7 Å². The molecule has 1 aliphatic heterocycles. The quantitative estimate of drug-likeness (QED) is 0.417. The molecule has 0 bridgehead atoms. The van der Waals surface area contributed by atoms with Crippen molar-refractivity contribution in [1.29, 1.82) is 0 Å². The highest BCUT2D eigenvalue weighted by atomic mass is 35.5. The van der Waals surface area contributed by atoms with Crippen LogP contribution in [0.1, 0.15) is 32.6 Å². The van der Waals surface area contributed by atoms with Crippen molar-refractivity contribution in [2.24, 2.45) is 0 Å². The monoisotopic (exact) mass is 362 g/mol. The molecule has 3 N–H and O–H groups in total. The van der Waals surface area contributed by atoms with E-state index in [0.29, 0.717) is 39.1 Å². The minimum absolute atomic E-state index is 0. The summed E-state index contributed by atoms with van der Waals surface area (Å²) in [4.78, 5) is 37.9. The summed E-state index contributed by atoms with van der Waals surface area (Å²) in [6, 6.07) is -1.26. The van der Waals surface area contributed by atoms with Gasteiger partial charge in [0, 0.05) is 26.7 Å². The molecule has 8 nitrogen and oxygen atoms in total. The van der Waals surface area contributed by atoms with Crippen molar-refractivity contribution in [3.8, 4) is 0 Å². The zero-order chi connectivity index (χ0) is 16.9. The van der Waals surface area contributed by atoms with E-state index in [1.807, 2.05) is 0 Å². The van der Waals surface area contributed by atoms with Crippen LogP contribution >= 0.6 is 12.4 Å². The van der Waals surface area contributed by atoms with Gasteiger partial charge in [-0.2, -0.15) is 0 Å². The van der Waals surface area contributed by atoms with Crippen molar-refractivity contribution in [2.75, 3.05) is 33.4 Å². The molecule has 0 aromatic heterocycles. The zero-order valence-corrected chi connectivity index (χ0v) is 15.0. The maximum absolute atomic E-state index is 12.6. The summed E-state index contributed by atoms with van der Waals surface area (Å²) in [5, 5.41) is 8.63. The molecular formula is C15H27ClN4O4. The third-order valence-electron chi connectivity index (χ3n) is 4.50. The number of nitrogens with zero attached hydrogens (tertiary/aromatic N) is 1. The van der Waals surface area contributed by atoms with Crippen LogP contribution in [0.3, 0.4) is 0 Å². The van der Waals surface area contributed by atoms with E-state index in [4.69, 9.17) is 4.74 Å². The smallest absolute Gasteiger partial charge is 0.325 e. The van der Waals surface area contributed by atoms with Gasteiger partial charge in [-0.1, -0.05) is 12.8 Å². The molecule has 1 aliphatic carbocycles. The average Bonchev–Trinajstić information content (AvgIpc) is 3.08. The van der Waals surface area contributed by atoms with E-state index < -0.39 is 17.6 Å². The highest BCUT2D eigenvalue weighted by Gasteiger charge is 2.54. The number of hydrogen-bond donors (Lipinski definition) is 3. The number of hydrogen-bond acceptors (Lipinski definition) is 5. The summed E-state index contributed by atoms with van der Waals surface area (Å²) in [5.74, 6) is -0.585. The molecule has 1 spiro atoms. The second-order valence-corrected chi connectivity index (χ2v) is 6.10. The molecule has 1 saturated carbocycles. The largest absolute Gasteiger partial charge is 0.383 e. The Morgan fingerprint density at radius 3 is 2.58 bits per heavy atom. The summed E-state index contributed by atoms with van der Waals surface area (Å²) in [5.41, 5.74) is -0.771. The van der Waals surface area contributed by atoms with Crippen molar-refractivity contribution >= 4 is 30.3 Å². The van der Waals surface area contributed by atoms with Gasteiger partial charge in [-0.25, -0.2) is 9.69 Å². The summed E-state index contributed by atoms with van der Waals surface area (Å²) in [6.07, 6.45) is 3.17. The van der Waals surface area contributed by atoms with Crippen molar-refractivity contribution in [3.05, 3.63) is 0 Å². The molecule has 4 amide bonds. The Hall–Kier alpha value is -1.38. The van der Waals surface area contributed by atoms with Gasteiger partial charge in [0.1, 0.15) is 11.6 Å². The van der Waals surface area contributed by atoms with E-state index in [1.54, 1.807) is 14.0 Å². The standard InChI is InChI=1S/C15H26N4O4.ClH/c1-11(12(20)17-8-7-16-9-10-23-2)19-13(21)15(18-14(19)22)5-3-4-6-15;/h11,16H,3-10H2,1-2H3,(H,17,20)(H,18,22);1H. The number of nitrogens with one attached hydrogen (secondary N) is 3. The first kappa shape index (κ1) is 20.7. The van der Waals surface area contributed by atoms with Gasteiger partial charge < -0.3 is 20.7 Å². The topological polar surface area (TPSA) is 99.8 Å². The number of urea groups is 1. The van der Waals surface area contributed by atoms with Gasteiger partial charge >= 0.3 is 6.03 Å². The molecule has 0 radical (unpaired) electrons. The first-order chi connectivity index (χ1) is 11.0. The Morgan fingerprint density at radius 2 is 1.96 bits per heavy atom. The number of carbonyl (C=O) groups excluding carboxylic acids is 3. The average molecular weight is 363 g/mol. The first-order valence-corrected chi connectivity index (χ1v) is 8.15. The molecule has 9 heteroatoms. The van der Waals surface area contributed by atoms with Crippen LogP contribution in [0.15, 0.2) is 0 Å². The Kier molecular flexibility index (Phi) is 7.92. The lowest BCUT2D eigenvalue weighted by Crippen LogP contribution is -2.50. The molecule has 0 aromatic rings. The van der Waals surface area contributed by atoms with Crippen molar-refractivity contribution in [3.63, 3.8) is 0 Å². The van der Waals surface area contributed by atoms with Crippen LogP contribution < -0.4 is 16.0 Å². The van der Waals surface area contributed by atoms with E-state index in [1.165, 1.54) is 0 Å². The molecule has 2 fully saturated rings. The Morgan fingerprint density at radius 1 is 1.29 bits per heavy atom. The van der Waals surface area contributed by atoms with Crippen LogP contribution in [0.4, 0.5) is 4.79 Å². The summed E-state index contributed by atoms with van der Waals surface area (Å²) in [6.45, 7) is 3.93. The number of ether oxygens (including phenoxy) is 1. The predicted molar refractivity (Wildman–Crippen MR) is 91.0 cm³/mol. The summed E-state index contributed by atoms with van der Waals surface area (Å²) >= 11 is 0. The number of rotatable bonds is 8. The highest BCUT2D eigenvalue weighted by molar-refractivity contribution is 6.09. The van der Waals surface area contributed by atoms with E-state index in [2.05, 4.69) is 16.0 Å². The molecule has 0 aromatic carbocycles. The summed E-state index contributed by atoms with van der Waals surface area (Å²) < 4.78 is 4.91. The molecule has 2 rings (SSSR count). The number of methoxy groups -OCH3 is 1. The van der Waals surface area contributed by atoms with Gasteiger partial charge in [0.05, 0.1) is 6.61 Å².